The second kappa shape index (κ2) is 5.17. The van der Waals surface area contributed by atoms with Crippen molar-refractivity contribution in [2.24, 2.45) is 23.5 Å². The molecule has 0 heterocycles. The summed E-state index contributed by atoms with van der Waals surface area (Å²) in [5.74, 6) is 1.80. The molecule has 2 aliphatic carbocycles. The number of nitrogens with two attached hydrogens (primary N) is 1. The average Bonchev–Trinajstić information content (AvgIpc) is 2.99. The molecule has 0 aliphatic heterocycles. The number of amides is 1. The molecule has 0 radical (unpaired) electrons. The van der Waals surface area contributed by atoms with Crippen LogP contribution in [0.15, 0.2) is 0 Å². The standard InChI is InChI=1S/C13H24N2O/c1-9-7-10(9)8-15-13(16)11-5-3-2-4-6-12(11)14/h9-12H,2-8,14H2,1H3,(H,15,16). The van der Waals surface area contributed by atoms with Crippen molar-refractivity contribution < 1.29 is 4.79 Å². The second-order valence-corrected chi connectivity index (χ2v) is 5.63. The van der Waals surface area contributed by atoms with E-state index in [4.69, 9.17) is 5.73 Å². The van der Waals surface area contributed by atoms with Crippen LogP contribution in [0.5, 0.6) is 0 Å². The van der Waals surface area contributed by atoms with Crippen molar-refractivity contribution in [3.63, 3.8) is 0 Å². The van der Waals surface area contributed by atoms with Gasteiger partial charge in [-0.1, -0.05) is 26.2 Å². The Kier molecular flexibility index (Phi) is 3.85. The van der Waals surface area contributed by atoms with Gasteiger partial charge in [0.25, 0.3) is 0 Å². The van der Waals surface area contributed by atoms with Gasteiger partial charge in [-0.15, -0.1) is 0 Å². The summed E-state index contributed by atoms with van der Waals surface area (Å²) in [6.45, 7) is 3.11. The molecule has 4 unspecified atom stereocenters. The number of carbonyl (C=O) groups is 1. The molecule has 16 heavy (non-hydrogen) atoms. The topological polar surface area (TPSA) is 55.1 Å². The fourth-order valence-corrected chi connectivity index (χ4v) is 2.71. The molecule has 3 heteroatoms. The van der Waals surface area contributed by atoms with Gasteiger partial charge in [0.15, 0.2) is 0 Å². The van der Waals surface area contributed by atoms with E-state index in [2.05, 4.69) is 12.2 Å². The van der Waals surface area contributed by atoms with E-state index in [1.54, 1.807) is 0 Å². The Hall–Kier alpha value is -0.570. The Morgan fingerprint density at radius 3 is 2.69 bits per heavy atom. The maximum atomic E-state index is 12.0. The van der Waals surface area contributed by atoms with Crippen LogP contribution >= 0.6 is 0 Å². The van der Waals surface area contributed by atoms with Crippen molar-refractivity contribution in [3.8, 4) is 0 Å². The predicted molar refractivity (Wildman–Crippen MR) is 64.8 cm³/mol. The molecule has 1 amide bonds. The van der Waals surface area contributed by atoms with Gasteiger partial charge in [0, 0.05) is 12.6 Å². The molecule has 2 fully saturated rings. The molecule has 2 aliphatic rings. The minimum absolute atomic E-state index is 0.0663. The van der Waals surface area contributed by atoms with Crippen LogP contribution in [0.4, 0.5) is 0 Å². The highest BCUT2D eigenvalue weighted by molar-refractivity contribution is 5.79. The number of hydrogen-bond donors (Lipinski definition) is 2. The lowest BCUT2D eigenvalue weighted by atomic mass is 9.94. The first-order valence-electron chi connectivity index (χ1n) is 6.71. The van der Waals surface area contributed by atoms with Crippen LogP contribution in [0.1, 0.15) is 45.4 Å². The zero-order valence-corrected chi connectivity index (χ0v) is 10.2. The van der Waals surface area contributed by atoms with Gasteiger partial charge < -0.3 is 11.1 Å². The molecule has 3 N–H and O–H groups in total. The van der Waals surface area contributed by atoms with E-state index >= 15 is 0 Å². The van der Waals surface area contributed by atoms with Gasteiger partial charge in [-0.2, -0.15) is 0 Å². The first-order valence-corrected chi connectivity index (χ1v) is 6.71. The second-order valence-electron chi connectivity index (χ2n) is 5.63. The summed E-state index contributed by atoms with van der Waals surface area (Å²) in [4.78, 5) is 12.0. The van der Waals surface area contributed by atoms with Crippen molar-refractivity contribution in [1.29, 1.82) is 0 Å². The fraction of sp³-hybridized carbons (Fsp3) is 0.923. The molecule has 0 saturated heterocycles. The Labute approximate surface area is 98.2 Å². The molecule has 0 aromatic carbocycles. The van der Waals surface area contributed by atoms with E-state index in [0.29, 0.717) is 0 Å². The highest BCUT2D eigenvalue weighted by Gasteiger charge is 2.34. The molecule has 3 nitrogen and oxygen atoms in total. The third-order valence-electron chi connectivity index (χ3n) is 4.22. The van der Waals surface area contributed by atoms with Gasteiger partial charge in [0.1, 0.15) is 0 Å². The normalized spacial score (nSPS) is 38.9. The highest BCUT2D eigenvalue weighted by Crippen LogP contribution is 2.36. The summed E-state index contributed by atoms with van der Waals surface area (Å²) in [6, 6.07) is 0.0825. The van der Waals surface area contributed by atoms with Crippen LogP contribution in [0.25, 0.3) is 0 Å². The molecular formula is C13H24N2O. The van der Waals surface area contributed by atoms with Crippen molar-refractivity contribution in [1.82, 2.24) is 5.32 Å². The summed E-state index contributed by atoms with van der Waals surface area (Å²) in [5, 5.41) is 3.08. The molecular weight excluding hydrogens is 200 g/mol. The summed E-state index contributed by atoms with van der Waals surface area (Å²) in [5.41, 5.74) is 6.07. The third-order valence-corrected chi connectivity index (χ3v) is 4.22. The monoisotopic (exact) mass is 224 g/mol. The van der Waals surface area contributed by atoms with Gasteiger partial charge >= 0.3 is 0 Å². The van der Waals surface area contributed by atoms with Crippen LogP contribution in [0, 0.1) is 17.8 Å². The quantitative estimate of drug-likeness (QED) is 0.716. The highest BCUT2D eigenvalue weighted by atomic mass is 16.1. The first kappa shape index (κ1) is 11.9. The number of carbonyl (C=O) groups excluding carboxylic acids is 1. The lowest BCUT2D eigenvalue weighted by Gasteiger charge is -2.20. The zero-order valence-electron chi connectivity index (χ0n) is 10.2. The van der Waals surface area contributed by atoms with E-state index in [9.17, 15) is 4.79 Å². The number of nitrogens with one attached hydrogen (secondary N) is 1. The van der Waals surface area contributed by atoms with Crippen LogP contribution in [0.3, 0.4) is 0 Å². The SMILES string of the molecule is CC1CC1CNC(=O)C1CCCCCC1N. The molecule has 0 aromatic heterocycles. The first-order chi connectivity index (χ1) is 7.68. The van der Waals surface area contributed by atoms with E-state index in [1.165, 1.54) is 19.3 Å². The van der Waals surface area contributed by atoms with Crippen molar-refractivity contribution >= 4 is 5.91 Å². The van der Waals surface area contributed by atoms with Crippen LogP contribution in [0.2, 0.25) is 0 Å². The van der Waals surface area contributed by atoms with Crippen molar-refractivity contribution in [2.45, 2.75) is 51.5 Å². The Bertz CT molecular complexity index is 254. The van der Waals surface area contributed by atoms with E-state index in [-0.39, 0.29) is 17.9 Å². The van der Waals surface area contributed by atoms with Crippen molar-refractivity contribution in [3.05, 3.63) is 0 Å². The predicted octanol–water partition coefficient (Wildman–Crippen LogP) is 1.67. The van der Waals surface area contributed by atoms with Crippen LogP contribution in [-0.2, 0) is 4.79 Å². The largest absolute Gasteiger partial charge is 0.356 e. The smallest absolute Gasteiger partial charge is 0.224 e. The number of hydrogen-bond acceptors (Lipinski definition) is 2. The van der Waals surface area contributed by atoms with Gasteiger partial charge in [0.05, 0.1) is 5.92 Å². The van der Waals surface area contributed by atoms with E-state index in [0.717, 1.165) is 37.6 Å². The molecule has 2 rings (SSSR count). The molecule has 0 spiro atoms. The molecule has 0 aromatic rings. The van der Waals surface area contributed by atoms with E-state index < -0.39 is 0 Å². The lowest BCUT2D eigenvalue weighted by molar-refractivity contribution is -0.125. The Morgan fingerprint density at radius 2 is 2.00 bits per heavy atom. The summed E-state index contributed by atoms with van der Waals surface area (Å²) in [7, 11) is 0. The molecule has 4 atom stereocenters. The molecule has 2 saturated carbocycles. The Morgan fingerprint density at radius 1 is 1.31 bits per heavy atom. The Balaban J connectivity index is 1.77. The maximum absolute atomic E-state index is 12.0. The summed E-state index contributed by atoms with van der Waals surface area (Å²) >= 11 is 0. The third kappa shape index (κ3) is 2.97. The minimum atomic E-state index is 0.0663. The summed E-state index contributed by atoms with van der Waals surface area (Å²) < 4.78 is 0. The van der Waals surface area contributed by atoms with Crippen LogP contribution in [-0.4, -0.2) is 18.5 Å². The van der Waals surface area contributed by atoms with Crippen molar-refractivity contribution in [2.75, 3.05) is 6.54 Å². The van der Waals surface area contributed by atoms with Gasteiger partial charge in [-0.25, -0.2) is 0 Å². The minimum Gasteiger partial charge on any atom is -0.356 e. The van der Waals surface area contributed by atoms with Gasteiger partial charge in [-0.05, 0) is 31.1 Å². The van der Waals surface area contributed by atoms with Gasteiger partial charge in [0.2, 0.25) is 5.91 Å². The molecule has 92 valence electrons. The van der Waals surface area contributed by atoms with Gasteiger partial charge in [-0.3, -0.25) is 4.79 Å². The average molecular weight is 224 g/mol. The van der Waals surface area contributed by atoms with E-state index in [1.807, 2.05) is 0 Å². The molecule has 0 bridgehead atoms. The summed E-state index contributed by atoms with van der Waals surface area (Å²) in [6.07, 6.45) is 6.84. The fourth-order valence-electron chi connectivity index (χ4n) is 2.71. The maximum Gasteiger partial charge on any atom is 0.224 e. The zero-order chi connectivity index (χ0) is 11.5. The number of rotatable bonds is 3. The van der Waals surface area contributed by atoms with Crippen LogP contribution < -0.4 is 11.1 Å². The lowest BCUT2D eigenvalue weighted by Crippen LogP contribution is -2.42.